The minimum atomic E-state index is -3.06. The molecule has 84 valence electrons. The maximum atomic E-state index is 12.0. The van der Waals surface area contributed by atoms with Gasteiger partial charge in [-0.05, 0) is 40.5 Å². The van der Waals surface area contributed by atoms with Crippen LogP contribution in [-0.4, -0.2) is 30.1 Å². The van der Waals surface area contributed by atoms with Crippen molar-refractivity contribution in [1.29, 1.82) is 0 Å². The monoisotopic (exact) mass is 219 g/mol. The molecule has 0 bridgehead atoms. The Morgan fingerprint density at radius 1 is 1.14 bits per heavy atom. The van der Waals surface area contributed by atoms with E-state index in [-0.39, 0.29) is 17.3 Å². The van der Waals surface area contributed by atoms with Gasteiger partial charge in [0.2, 0.25) is 10.0 Å². The molecule has 0 saturated carbocycles. The highest BCUT2D eigenvalue weighted by molar-refractivity contribution is 7.89. The van der Waals surface area contributed by atoms with Crippen LogP contribution in [-0.2, 0) is 10.0 Å². The summed E-state index contributed by atoms with van der Waals surface area (Å²) in [7, 11) is -3.06. The molecule has 1 heterocycles. The van der Waals surface area contributed by atoms with E-state index in [1.54, 1.807) is 18.2 Å². The normalized spacial score (nSPS) is 30.9. The van der Waals surface area contributed by atoms with Gasteiger partial charge in [0.25, 0.3) is 0 Å². The van der Waals surface area contributed by atoms with Crippen molar-refractivity contribution in [1.82, 2.24) is 4.31 Å². The average Bonchev–Trinajstić information content (AvgIpc) is 2.02. The Labute approximate surface area is 87.5 Å². The van der Waals surface area contributed by atoms with Crippen LogP contribution in [0.4, 0.5) is 0 Å². The lowest BCUT2D eigenvalue weighted by Gasteiger charge is -2.38. The third-order valence-electron chi connectivity index (χ3n) is 3.00. The molecule has 0 aromatic heterocycles. The number of piperidine rings is 1. The second-order valence-electron chi connectivity index (χ2n) is 4.55. The first-order valence-electron chi connectivity index (χ1n) is 5.39. The molecule has 0 aliphatic carbocycles. The molecule has 0 aromatic carbocycles. The van der Waals surface area contributed by atoms with Gasteiger partial charge in [0.05, 0.1) is 5.25 Å². The van der Waals surface area contributed by atoms with Gasteiger partial charge in [-0.25, -0.2) is 8.42 Å². The number of sulfonamides is 1. The topological polar surface area (TPSA) is 37.4 Å². The quantitative estimate of drug-likeness (QED) is 0.712. The van der Waals surface area contributed by atoms with Gasteiger partial charge in [0, 0.05) is 12.1 Å². The van der Waals surface area contributed by atoms with Crippen molar-refractivity contribution in [2.24, 2.45) is 0 Å². The summed E-state index contributed by atoms with van der Waals surface area (Å²) < 4.78 is 25.8. The Kier molecular flexibility index (Phi) is 3.58. The van der Waals surface area contributed by atoms with E-state index in [0.717, 1.165) is 19.3 Å². The van der Waals surface area contributed by atoms with E-state index in [4.69, 9.17) is 0 Å². The van der Waals surface area contributed by atoms with Crippen LogP contribution in [0.5, 0.6) is 0 Å². The highest BCUT2D eigenvalue weighted by atomic mass is 32.2. The minimum absolute atomic E-state index is 0.172. The van der Waals surface area contributed by atoms with Gasteiger partial charge in [0.1, 0.15) is 0 Å². The Hall–Kier alpha value is -0.0900. The maximum Gasteiger partial charge on any atom is 0.216 e. The second-order valence-corrected chi connectivity index (χ2v) is 6.95. The molecule has 1 aliphatic heterocycles. The van der Waals surface area contributed by atoms with E-state index in [1.807, 2.05) is 13.8 Å². The van der Waals surface area contributed by atoms with E-state index in [9.17, 15) is 8.42 Å². The van der Waals surface area contributed by atoms with E-state index in [0.29, 0.717) is 0 Å². The molecule has 14 heavy (non-hydrogen) atoms. The number of hydrogen-bond donors (Lipinski definition) is 0. The summed E-state index contributed by atoms with van der Waals surface area (Å²) in [4.78, 5) is 0. The van der Waals surface area contributed by atoms with Crippen LogP contribution < -0.4 is 0 Å². The molecular weight excluding hydrogens is 198 g/mol. The third-order valence-corrected chi connectivity index (χ3v) is 5.50. The lowest BCUT2D eigenvalue weighted by atomic mass is 10.0. The zero-order valence-corrected chi connectivity index (χ0v) is 10.3. The molecule has 0 amide bonds. The predicted molar refractivity (Wildman–Crippen MR) is 58.7 cm³/mol. The first kappa shape index (κ1) is 12.0. The summed E-state index contributed by atoms with van der Waals surface area (Å²) in [6.07, 6.45) is 3.14. The fraction of sp³-hybridized carbons (Fsp3) is 1.00. The van der Waals surface area contributed by atoms with Crippen LogP contribution in [0, 0.1) is 0 Å². The number of nitrogens with zero attached hydrogens (tertiary/aromatic N) is 1. The fourth-order valence-electron chi connectivity index (χ4n) is 2.14. The van der Waals surface area contributed by atoms with E-state index < -0.39 is 10.0 Å². The molecule has 0 spiro atoms. The molecule has 1 saturated heterocycles. The summed E-state index contributed by atoms with van der Waals surface area (Å²) in [5.41, 5.74) is 0. The Morgan fingerprint density at radius 3 is 1.93 bits per heavy atom. The van der Waals surface area contributed by atoms with Crippen LogP contribution >= 0.6 is 0 Å². The van der Waals surface area contributed by atoms with Gasteiger partial charge in [-0.15, -0.1) is 0 Å². The highest BCUT2D eigenvalue weighted by Crippen LogP contribution is 2.27. The van der Waals surface area contributed by atoms with Crippen molar-refractivity contribution in [2.75, 3.05) is 0 Å². The first-order valence-corrected chi connectivity index (χ1v) is 6.90. The molecule has 0 N–H and O–H groups in total. The minimum Gasteiger partial charge on any atom is -0.212 e. The van der Waals surface area contributed by atoms with Crippen LogP contribution in [0.15, 0.2) is 0 Å². The van der Waals surface area contributed by atoms with Crippen LogP contribution in [0.2, 0.25) is 0 Å². The van der Waals surface area contributed by atoms with Gasteiger partial charge in [-0.3, -0.25) is 0 Å². The van der Waals surface area contributed by atoms with Gasteiger partial charge < -0.3 is 0 Å². The Balaban J connectivity index is 2.93. The molecule has 1 fully saturated rings. The highest BCUT2D eigenvalue weighted by Gasteiger charge is 2.35. The van der Waals surface area contributed by atoms with Crippen molar-refractivity contribution in [3.63, 3.8) is 0 Å². The molecule has 1 aliphatic rings. The van der Waals surface area contributed by atoms with Gasteiger partial charge in [-0.2, -0.15) is 4.31 Å². The number of hydrogen-bond acceptors (Lipinski definition) is 2. The number of rotatable bonds is 2. The fourth-order valence-corrected chi connectivity index (χ4v) is 3.84. The van der Waals surface area contributed by atoms with Crippen molar-refractivity contribution >= 4 is 10.0 Å². The van der Waals surface area contributed by atoms with E-state index >= 15 is 0 Å². The van der Waals surface area contributed by atoms with Crippen molar-refractivity contribution in [2.45, 2.75) is 64.3 Å². The summed E-state index contributed by atoms with van der Waals surface area (Å²) >= 11 is 0. The van der Waals surface area contributed by atoms with Crippen molar-refractivity contribution in [3.8, 4) is 0 Å². The molecule has 2 unspecified atom stereocenters. The smallest absolute Gasteiger partial charge is 0.212 e. The average molecular weight is 219 g/mol. The van der Waals surface area contributed by atoms with Crippen LogP contribution in [0.25, 0.3) is 0 Å². The van der Waals surface area contributed by atoms with Gasteiger partial charge >= 0.3 is 0 Å². The molecule has 0 aromatic rings. The summed E-state index contributed by atoms with van der Waals surface area (Å²) in [6.45, 7) is 7.53. The van der Waals surface area contributed by atoms with Crippen LogP contribution in [0.3, 0.4) is 0 Å². The molecule has 0 radical (unpaired) electrons. The SMILES string of the molecule is CC1CCCC(C)N1S(=O)(=O)C(C)C. The molecule has 3 nitrogen and oxygen atoms in total. The summed E-state index contributed by atoms with van der Waals surface area (Å²) in [6, 6.07) is 0.345. The second kappa shape index (κ2) is 4.19. The zero-order valence-electron chi connectivity index (χ0n) is 9.53. The van der Waals surface area contributed by atoms with Crippen molar-refractivity contribution in [3.05, 3.63) is 0 Å². The first-order chi connectivity index (χ1) is 6.37. The molecular formula is C10H21NO2S. The third kappa shape index (κ3) is 2.11. The largest absolute Gasteiger partial charge is 0.216 e. The van der Waals surface area contributed by atoms with Crippen LogP contribution in [0.1, 0.15) is 47.0 Å². The van der Waals surface area contributed by atoms with E-state index in [1.165, 1.54) is 0 Å². The maximum absolute atomic E-state index is 12.0. The summed E-state index contributed by atoms with van der Waals surface area (Å²) in [5.74, 6) is 0. The molecule has 2 atom stereocenters. The van der Waals surface area contributed by atoms with Gasteiger partial charge in [0.15, 0.2) is 0 Å². The standard InChI is InChI=1S/C10H21NO2S/c1-8(2)14(12,13)11-9(3)6-5-7-10(11)4/h8-10H,5-7H2,1-4H3. The lowest BCUT2D eigenvalue weighted by molar-refractivity contribution is 0.203. The Morgan fingerprint density at radius 2 is 1.57 bits per heavy atom. The zero-order chi connectivity index (χ0) is 10.9. The van der Waals surface area contributed by atoms with E-state index in [2.05, 4.69) is 0 Å². The Bertz CT molecular complexity index is 274. The summed E-state index contributed by atoms with van der Waals surface area (Å²) in [5, 5.41) is -0.300. The van der Waals surface area contributed by atoms with Gasteiger partial charge in [-0.1, -0.05) is 6.42 Å². The molecule has 1 rings (SSSR count). The van der Waals surface area contributed by atoms with Crippen molar-refractivity contribution < 1.29 is 8.42 Å². The lowest BCUT2D eigenvalue weighted by Crippen LogP contribution is -2.49. The predicted octanol–water partition coefficient (Wildman–Crippen LogP) is 1.99. The molecule has 4 heteroatoms.